The standard InChI is InChI=1S/C15H13F2N3/c16-11-7-13-14(8-12(11)17)20-15(19-13)10-3-1-2-9(6-10)4-5-18/h1-3,6-8H,4-5,18H2,(H,19,20). The SMILES string of the molecule is NCCc1cccc(-c2nc3cc(F)c(F)cc3[nH]2)c1. The lowest BCUT2D eigenvalue weighted by Gasteiger charge is -2.01. The average molecular weight is 273 g/mol. The van der Waals surface area contributed by atoms with E-state index >= 15 is 0 Å². The first kappa shape index (κ1) is 12.7. The number of aromatic amines is 1. The smallest absolute Gasteiger partial charge is 0.161 e. The second-order valence-electron chi connectivity index (χ2n) is 4.61. The number of imidazole rings is 1. The van der Waals surface area contributed by atoms with E-state index in [0.29, 0.717) is 23.4 Å². The van der Waals surface area contributed by atoms with Crippen molar-refractivity contribution in [1.82, 2.24) is 9.97 Å². The number of hydrogen-bond donors (Lipinski definition) is 2. The van der Waals surface area contributed by atoms with E-state index < -0.39 is 11.6 Å². The van der Waals surface area contributed by atoms with Crippen molar-refractivity contribution in [3.63, 3.8) is 0 Å². The first-order valence-electron chi connectivity index (χ1n) is 6.31. The third-order valence-electron chi connectivity index (χ3n) is 3.16. The molecule has 0 bridgehead atoms. The zero-order valence-corrected chi connectivity index (χ0v) is 10.7. The van der Waals surface area contributed by atoms with Gasteiger partial charge in [-0.1, -0.05) is 18.2 Å². The number of nitrogens with one attached hydrogen (secondary N) is 1. The van der Waals surface area contributed by atoms with E-state index in [4.69, 9.17) is 5.73 Å². The summed E-state index contributed by atoms with van der Waals surface area (Å²) in [4.78, 5) is 7.29. The summed E-state index contributed by atoms with van der Waals surface area (Å²) in [6, 6.07) is 9.97. The van der Waals surface area contributed by atoms with Crippen LogP contribution in [0.1, 0.15) is 5.56 Å². The molecule has 0 spiro atoms. The van der Waals surface area contributed by atoms with E-state index in [9.17, 15) is 8.78 Å². The molecule has 20 heavy (non-hydrogen) atoms. The van der Waals surface area contributed by atoms with E-state index in [1.807, 2.05) is 24.3 Å². The van der Waals surface area contributed by atoms with Gasteiger partial charge in [0.25, 0.3) is 0 Å². The highest BCUT2D eigenvalue weighted by atomic mass is 19.2. The van der Waals surface area contributed by atoms with Crippen LogP contribution in [0.3, 0.4) is 0 Å². The van der Waals surface area contributed by atoms with Crippen LogP contribution < -0.4 is 5.73 Å². The molecule has 0 aliphatic carbocycles. The lowest BCUT2D eigenvalue weighted by molar-refractivity contribution is 0.510. The highest BCUT2D eigenvalue weighted by Gasteiger charge is 2.10. The Balaban J connectivity index is 2.07. The summed E-state index contributed by atoms with van der Waals surface area (Å²) in [7, 11) is 0. The average Bonchev–Trinajstić information content (AvgIpc) is 2.83. The number of nitrogens with zero attached hydrogens (tertiary/aromatic N) is 1. The molecule has 0 unspecified atom stereocenters. The highest BCUT2D eigenvalue weighted by Crippen LogP contribution is 2.23. The number of H-pyrrole nitrogens is 1. The lowest BCUT2D eigenvalue weighted by atomic mass is 10.1. The molecule has 0 aliphatic rings. The third kappa shape index (κ3) is 2.28. The van der Waals surface area contributed by atoms with Gasteiger partial charge in [-0.05, 0) is 24.6 Å². The van der Waals surface area contributed by atoms with Gasteiger partial charge in [-0.3, -0.25) is 0 Å². The Morgan fingerprint density at radius 2 is 1.90 bits per heavy atom. The topological polar surface area (TPSA) is 54.7 Å². The molecule has 0 atom stereocenters. The fourth-order valence-corrected chi connectivity index (χ4v) is 2.18. The third-order valence-corrected chi connectivity index (χ3v) is 3.16. The fraction of sp³-hybridized carbons (Fsp3) is 0.133. The molecule has 2 aromatic carbocycles. The lowest BCUT2D eigenvalue weighted by Crippen LogP contribution is -2.02. The van der Waals surface area contributed by atoms with E-state index in [1.54, 1.807) is 0 Å². The van der Waals surface area contributed by atoms with Gasteiger partial charge in [0.05, 0.1) is 11.0 Å². The first-order valence-corrected chi connectivity index (χ1v) is 6.31. The van der Waals surface area contributed by atoms with E-state index in [2.05, 4.69) is 9.97 Å². The van der Waals surface area contributed by atoms with Gasteiger partial charge in [0, 0.05) is 17.7 Å². The molecular weight excluding hydrogens is 260 g/mol. The fourth-order valence-electron chi connectivity index (χ4n) is 2.18. The molecular formula is C15H13F2N3. The first-order chi connectivity index (χ1) is 9.67. The molecule has 0 fully saturated rings. The summed E-state index contributed by atoms with van der Waals surface area (Å²) in [5, 5.41) is 0. The summed E-state index contributed by atoms with van der Waals surface area (Å²) < 4.78 is 26.4. The predicted molar refractivity (Wildman–Crippen MR) is 74.2 cm³/mol. The Labute approximate surface area is 114 Å². The molecule has 1 heterocycles. The van der Waals surface area contributed by atoms with Crippen molar-refractivity contribution in [2.24, 2.45) is 5.73 Å². The maximum atomic E-state index is 13.2. The van der Waals surface area contributed by atoms with Gasteiger partial charge in [0.1, 0.15) is 5.82 Å². The number of aromatic nitrogens is 2. The second kappa shape index (κ2) is 5.02. The van der Waals surface area contributed by atoms with Crippen molar-refractivity contribution in [3.8, 4) is 11.4 Å². The van der Waals surface area contributed by atoms with Crippen molar-refractivity contribution >= 4 is 11.0 Å². The number of rotatable bonds is 3. The molecule has 102 valence electrons. The highest BCUT2D eigenvalue weighted by molar-refractivity contribution is 5.79. The number of fused-ring (bicyclic) bond motifs is 1. The normalized spacial score (nSPS) is 11.2. The van der Waals surface area contributed by atoms with Crippen LogP contribution >= 0.6 is 0 Å². The Morgan fingerprint density at radius 1 is 1.10 bits per heavy atom. The maximum absolute atomic E-state index is 13.2. The van der Waals surface area contributed by atoms with E-state index in [-0.39, 0.29) is 0 Å². The van der Waals surface area contributed by atoms with Gasteiger partial charge in [-0.2, -0.15) is 0 Å². The summed E-state index contributed by atoms with van der Waals surface area (Å²) in [5.74, 6) is -1.19. The minimum atomic E-state index is -0.896. The Kier molecular flexibility index (Phi) is 3.20. The molecule has 3 N–H and O–H groups in total. The molecule has 0 radical (unpaired) electrons. The molecule has 0 amide bonds. The number of benzene rings is 2. The van der Waals surface area contributed by atoms with Crippen molar-refractivity contribution in [2.45, 2.75) is 6.42 Å². The maximum Gasteiger partial charge on any atom is 0.161 e. The quantitative estimate of drug-likeness (QED) is 0.770. The minimum absolute atomic E-state index is 0.406. The number of hydrogen-bond acceptors (Lipinski definition) is 2. The van der Waals surface area contributed by atoms with Gasteiger partial charge in [-0.15, -0.1) is 0 Å². The van der Waals surface area contributed by atoms with Gasteiger partial charge in [-0.25, -0.2) is 13.8 Å². The molecule has 1 aromatic heterocycles. The zero-order chi connectivity index (χ0) is 14.1. The summed E-state index contributed by atoms with van der Waals surface area (Å²) in [6.07, 6.45) is 0.775. The Hall–Kier alpha value is -2.27. The molecule has 0 saturated heterocycles. The Bertz CT molecular complexity index is 726. The van der Waals surface area contributed by atoms with Crippen molar-refractivity contribution in [2.75, 3.05) is 6.54 Å². The Morgan fingerprint density at radius 3 is 2.70 bits per heavy atom. The zero-order valence-electron chi connectivity index (χ0n) is 10.7. The molecule has 0 aliphatic heterocycles. The minimum Gasteiger partial charge on any atom is -0.338 e. The molecule has 3 nitrogen and oxygen atoms in total. The molecule has 3 aromatic rings. The molecule has 0 saturated carbocycles. The molecule has 3 rings (SSSR count). The molecule has 5 heteroatoms. The number of nitrogens with two attached hydrogens (primary N) is 1. The van der Waals surface area contributed by atoms with Crippen molar-refractivity contribution < 1.29 is 8.78 Å². The van der Waals surface area contributed by atoms with Crippen LogP contribution in [0.2, 0.25) is 0 Å². The van der Waals surface area contributed by atoms with Crippen molar-refractivity contribution in [3.05, 3.63) is 53.6 Å². The van der Waals surface area contributed by atoms with Gasteiger partial charge >= 0.3 is 0 Å². The van der Waals surface area contributed by atoms with Crippen LogP contribution in [0.15, 0.2) is 36.4 Å². The predicted octanol–water partition coefficient (Wildman–Crippen LogP) is 3.01. The van der Waals surface area contributed by atoms with Crippen LogP contribution in [0.4, 0.5) is 8.78 Å². The summed E-state index contributed by atoms with van der Waals surface area (Å²) in [6.45, 7) is 0.569. The van der Waals surface area contributed by atoms with Gasteiger partial charge in [0.2, 0.25) is 0 Å². The van der Waals surface area contributed by atoms with E-state index in [1.165, 1.54) is 0 Å². The van der Waals surface area contributed by atoms with Crippen molar-refractivity contribution in [1.29, 1.82) is 0 Å². The van der Waals surface area contributed by atoms with Gasteiger partial charge < -0.3 is 10.7 Å². The van der Waals surface area contributed by atoms with Crippen LogP contribution in [0.25, 0.3) is 22.4 Å². The largest absolute Gasteiger partial charge is 0.338 e. The van der Waals surface area contributed by atoms with Crippen LogP contribution in [-0.4, -0.2) is 16.5 Å². The van der Waals surface area contributed by atoms with Gasteiger partial charge in [0.15, 0.2) is 11.6 Å². The monoisotopic (exact) mass is 273 g/mol. The van der Waals surface area contributed by atoms with Crippen LogP contribution in [0.5, 0.6) is 0 Å². The van der Waals surface area contributed by atoms with Crippen LogP contribution in [-0.2, 0) is 6.42 Å². The summed E-state index contributed by atoms with van der Waals surface area (Å²) in [5.41, 5.74) is 8.39. The second-order valence-corrected chi connectivity index (χ2v) is 4.61. The number of halogens is 2. The summed E-state index contributed by atoms with van der Waals surface area (Å²) >= 11 is 0. The van der Waals surface area contributed by atoms with Crippen LogP contribution in [0, 0.1) is 11.6 Å². The van der Waals surface area contributed by atoms with E-state index in [0.717, 1.165) is 29.7 Å².